The Morgan fingerprint density at radius 3 is 2.75 bits per heavy atom. The van der Waals surface area contributed by atoms with Crippen molar-refractivity contribution in [1.29, 1.82) is 0 Å². The van der Waals surface area contributed by atoms with Gasteiger partial charge < -0.3 is 10.4 Å². The van der Waals surface area contributed by atoms with Gasteiger partial charge in [0.1, 0.15) is 5.69 Å². The normalized spacial score (nSPS) is 9.81. The van der Waals surface area contributed by atoms with Crippen LogP contribution in [-0.2, 0) is 0 Å². The van der Waals surface area contributed by atoms with Crippen LogP contribution in [-0.4, -0.2) is 25.8 Å². The fraction of sp³-hybridized carbons (Fsp3) is 0. The van der Waals surface area contributed by atoms with Crippen LogP contribution >= 0.6 is 0 Å². The predicted octanol–water partition coefficient (Wildman–Crippen LogP) is -0.262. The molecule has 0 unspecified atom stereocenters. The van der Waals surface area contributed by atoms with Gasteiger partial charge in [-0.1, -0.05) is 0 Å². The van der Waals surface area contributed by atoms with Gasteiger partial charge in [-0.05, 0) is 0 Å². The zero-order valence-electron chi connectivity index (χ0n) is 8.14. The van der Waals surface area contributed by atoms with Crippen LogP contribution < -0.4 is 16.6 Å². The number of nitrogen functional groups attached to an aromatic ring is 1. The summed E-state index contributed by atoms with van der Waals surface area (Å²) in [7, 11) is 0. The number of nitrogens with zero attached hydrogens (tertiary/aromatic N) is 3. The Balaban J connectivity index is 2.09. The summed E-state index contributed by atoms with van der Waals surface area (Å²) in [6.07, 6.45) is 5.80. The Morgan fingerprint density at radius 1 is 1.31 bits per heavy atom. The molecule has 0 spiro atoms. The van der Waals surface area contributed by atoms with Gasteiger partial charge in [0, 0.05) is 12.4 Å². The zero-order chi connectivity index (χ0) is 11.4. The van der Waals surface area contributed by atoms with Gasteiger partial charge in [-0.25, -0.2) is 20.8 Å². The van der Waals surface area contributed by atoms with Gasteiger partial charge in [-0.3, -0.25) is 10.1 Å². The number of aromatic amines is 1. The number of hydrogen-bond acceptors (Lipinski definition) is 6. The number of rotatable bonds is 3. The zero-order valence-corrected chi connectivity index (χ0v) is 8.14. The standard InChI is InChI=1S/C8H9N7O/c9-15-6-4-12-5(3-13-6)7(16)14-8-10-1-2-11-8/h1-4H,9H2,(H,13,15)(H2,10,11,14,16). The average molecular weight is 219 g/mol. The number of hydrogen-bond donors (Lipinski definition) is 4. The second kappa shape index (κ2) is 4.36. The van der Waals surface area contributed by atoms with Crippen molar-refractivity contribution in [3.63, 3.8) is 0 Å². The van der Waals surface area contributed by atoms with E-state index in [2.05, 4.69) is 30.7 Å². The maximum atomic E-state index is 11.6. The average Bonchev–Trinajstić information content (AvgIpc) is 2.82. The van der Waals surface area contributed by atoms with Crippen molar-refractivity contribution in [2.75, 3.05) is 10.7 Å². The fourth-order valence-electron chi connectivity index (χ4n) is 1.03. The van der Waals surface area contributed by atoms with Gasteiger partial charge in [-0.15, -0.1) is 0 Å². The Labute approximate surface area is 90.3 Å². The van der Waals surface area contributed by atoms with Crippen LogP contribution in [0.5, 0.6) is 0 Å². The lowest BCUT2D eigenvalue weighted by molar-refractivity contribution is 0.102. The molecule has 0 aliphatic rings. The molecule has 2 rings (SSSR count). The van der Waals surface area contributed by atoms with Crippen molar-refractivity contribution >= 4 is 17.7 Å². The number of carbonyl (C=O) groups is 1. The summed E-state index contributed by atoms with van der Waals surface area (Å²) in [5.41, 5.74) is 2.49. The van der Waals surface area contributed by atoms with Gasteiger partial charge >= 0.3 is 0 Å². The molecule has 2 heterocycles. The molecule has 0 radical (unpaired) electrons. The first-order valence-electron chi connectivity index (χ1n) is 4.39. The Kier molecular flexibility index (Phi) is 2.74. The number of anilines is 2. The lowest BCUT2D eigenvalue weighted by Crippen LogP contribution is -2.16. The van der Waals surface area contributed by atoms with Gasteiger partial charge in [0.15, 0.2) is 5.82 Å². The van der Waals surface area contributed by atoms with Crippen LogP contribution in [0.3, 0.4) is 0 Å². The van der Waals surface area contributed by atoms with Crippen molar-refractivity contribution in [3.05, 3.63) is 30.5 Å². The van der Waals surface area contributed by atoms with E-state index in [9.17, 15) is 4.79 Å². The molecule has 82 valence electrons. The Hall–Kier alpha value is -2.48. The molecule has 0 saturated carbocycles. The van der Waals surface area contributed by atoms with Gasteiger partial charge in [0.25, 0.3) is 5.91 Å². The highest BCUT2D eigenvalue weighted by Gasteiger charge is 2.08. The van der Waals surface area contributed by atoms with Crippen molar-refractivity contribution in [2.24, 2.45) is 5.84 Å². The number of imidazole rings is 1. The summed E-state index contributed by atoms with van der Waals surface area (Å²) in [4.78, 5) is 25.9. The van der Waals surface area contributed by atoms with Crippen LogP contribution in [0.25, 0.3) is 0 Å². The first kappa shape index (κ1) is 10.1. The van der Waals surface area contributed by atoms with E-state index in [1.54, 1.807) is 6.20 Å². The molecule has 0 aliphatic heterocycles. The van der Waals surface area contributed by atoms with Gasteiger partial charge in [0.05, 0.1) is 12.4 Å². The summed E-state index contributed by atoms with van der Waals surface area (Å²) in [5.74, 6) is 5.46. The molecule has 8 heteroatoms. The van der Waals surface area contributed by atoms with E-state index < -0.39 is 5.91 Å². The van der Waals surface area contributed by atoms with E-state index >= 15 is 0 Å². The number of aromatic nitrogens is 4. The minimum Gasteiger partial charge on any atom is -0.331 e. The molecule has 16 heavy (non-hydrogen) atoms. The number of H-pyrrole nitrogens is 1. The molecule has 8 nitrogen and oxygen atoms in total. The van der Waals surface area contributed by atoms with Crippen LogP contribution in [0.15, 0.2) is 24.8 Å². The molecule has 2 aromatic heterocycles. The van der Waals surface area contributed by atoms with Crippen LogP contribution in [0, 0.1) is 0 Å². The third-order valence-corrected chi connectivity index (χ3v) is 1.76. The molecule has 0 atom stereocenters. The van der Waals surface area contributed by atoms with Crippen molar-refractivity contribution < 1.29 is 4.79 Å². The van der Waals surface area contributed by atoms with Crippen molar-refractivity contribution in [2.45, 2.75) is 0 Å². The van der Waals surface area contributed by atoms with Crippen LogP contribution in [0.1, 0.15) is 10.5 Å². The minimum atomic E-state index is -0.397. The second-order valence-corrected chi connectivity index (χ2v) is 2.82. The first-order valence-corrected chi connectivity index (χ1v) is 4.39. The van der Waals surface area contributed by atoms with Crippen molar-refractivity contribution in [1.82, 2.24) is 19.9 Å². The first-order chi connectivity index (χ1) is 7.79. The number of hydrazine groups is 1. The highest BCUT2D eigenvalue weighted by molar-refractivity contribution is 6.01. The summed E-state index contributed by atoms with van der Waals surface area (Å²) in [6.45, 7) is 0. The predicted molar refractivity (Wildman–Crippen MR) is 56.4 cm³/mol. The Morgan fingerprint density at radius 2 is 2.19 bits per heavy atom. The van der Waals surface area contributed by atoms with Gasteiger partial charge in [-0.2, -0.15) is 0 Å². The summed E-state index contributed by atoms with van der Waals surface area (Å²) < 4.78 is 0. The molecule has 0 aromatic carbocycles. The minimum absolute atomic E-state index is 0.176. The monoisotopic (exact) mass is 219 g/mol. The van der Waals surface area contributed by atoms with E-state index in [0.29, 0.717) is 11.8 Å². The molecular formula is C8H9N7O. The molecule has 5 N–H and O–H groups in total. The quantitative estimate of drug-likeness (QED) is 0.416. The largest absolute Gasteiger partial charge is 0.331 e. The molecule has 1 amide bonds. The SMILES string of the molecule is NNc1cnc(C(=O)Nc2ncc[nH]2)cn1. The lowest BCUT2D eigenvalue weighted by Gasteiger charge is -2.01. The number of nitrogens with one attached hydrogen (secondary N) is 3. The number of carbonyl (C=O) groups excluding carboxylic acids is 1. The maximum absolute atomic E-state index is 11.6. The van der Waals surface area contributed by atoms with Gasteiger partial charge in [0.2, 0.25) is 5.95 Å². The number of amides is 1. The van der Waals surface area contributed by atoms with E-state index in [-0.39, 0.29) is 5.69 Å². The molecule has 0 bridgehead atoms. The molecule has 0 saturated heterocycles. The third-order valence-electron chi connectivity index (χ3n) is 1.76. The van der Waals surface area contributed by atoms with Crippen LogP contribution in [0.4, 0.5) is 11.8 Å². The highest BCUT2D eigenvalue weighted by atomic mass is 16.2. The molecular weight excluding hydrogens is 210 g/mol. The maximum Gasteiger partial charge on any atom is 0.278 e. The summed E-state index contributed by atoms with van der Waals surface area (Å²) >= 11 is 0. The smallest absolute Gasteiger partial charge is 0.278 e. The van der Waals surface area contributed by atoms with E-state index in [1.807, 2.05) is 0 Å². The van der Waals surface area contributed by atoms with Crippen LogP contribution in [0.2, 0.25) is 0 Å². The molecule has 2 aromatic rings. The topological polar surface area (TPSA) is 122 Å². The lowest BCUT2D eigenvalue weighted by atomic mass is 10.4. The van der Waals surface area contributed by atoms with E-state index in [4.69, 9.17) is 5.84 Å². The summed E-state index contributed by atoms with van der Waals surface area (Å²) in [5, 5.41) is 2.52. The molecule has 0 aliphatic carbocycles. The highest BCUT2D eigenvalue weighted by Crippen LogP contribution is 2.02. The number of nitrogens with two attached hydrogens (primary N) is 1. The van der Waals surface area contributed by atoms with Crippen molar-refractivity contribution in [3.8, 4) is 0 Å². The van der Waals surface area contributed by atoms with E-state index in [0.717, 1.165) is 0 Å². The fourth-order valence-corrected chi connectivity index (χ4v) is 1.03. The Bertz CT molecular complexity index is 464. The third kappa shape index (κ3) is 2.12. The van der Waals surface area contributed by atoms with E-state index in [1.165, 1.54) is 18.6 Å². The molecule has 0 fully saturated rings. The second-order valence-electron chi connectivity index (χ2n) is 2.82. The summed E-state index contributed by atoms with van der Waals surface area (Å²) in [6, 6.07) is 0.